The summed E-state index contributed by atoms with van der Waals surface area (Å²) >= 11 is 0.911. The van der Waals surface area contributed by atoms with Gasteiger partial charge in [-0.25, -0.2) is 9.78 Å². The first-order valence-corrected chi connectivity index (χ1v) is 3.70. The number of guanidine groups is 1. The van der Waals surface area contributed by atoms with Gasteiger partial charge < -0.3 is 16.6 Å². The van der Waals surface area contributed by atoms with Crippen LogP contribution in [-0.4, -0.2) is 22.0 Å². The first-order chi connectivity index (χ1) is 5.59. The molecule has 1 rings (SSSR count). The van der Waals surface area contributed by atoms with Crippen LogP contribution in [0.4, 0.5) is 5.13 Å². The molecule has 5 N–H and O–H groups in total. The van der Waals surface area contributed by atoms with Crippen LogP contribution in [0, 0.1) is 0 Å². The third-order valence-electron chi connectivity index (χ3n) is 0.929. The number of hydrogen-bond acceptors (Lipinski definition) is 4. The van der Waals surface area contributed by atoms with Crippen LogP contribution in [0.1, 0.15) is 9.67 Å². The van der Waals surface area contributed by atoms with Crippen LogP contribution in [0.5, 0.6) is 0 Å². The van der Waals surface area contributed by atoms with Crippen LogP contribution >= 0.6 is 11.3 Å². The number of rotatable bonds is 2. The van der Waals surface area contributed by atoms with Crippen LogP contribution < -0.4 is 11.5 Å². The van der Waals surface area contributed by atoms with E-state index in [0.29, 0.717) is 0 Å². The lowest BCUT2D eigenvalue weighted by molar-refractivity contribution is 0.0702. The van der Waals surface area contributed by atoms with Crippen molar-refractivity contribution in [3.05, 3.63) is 11.1 Å². The maximum atomic E-state index is 10.4. The van der Waals surface area contributed by atoms with E-state index in [1.54, 1.807) is 0 Å². The van der Waals surface area contributed by atoms with E-state index >= 15 is 0 Å². The van der Waals surface area contributed by atoms with Crippen molar-refractivity contribution in [3.8, 4) is 0 Å². The third kappa shape index (κ3) is 1.92. The summed E-state index contributed by atoms with van der Waals surface area (Å²) in [6.45, 7) is 0. The number of carboxylic acid groups (broad SMARTS) is 1. The predicted molar refractivity (Wildman–Crippen MR) is 44.5 cm³/mol. The molecule has 1 aromatic heterocycles. The van der Waals surface area contributed by atoms with Crippen molar-refractivity contribution < 1.29 is 9.90 Å². The summed E-state index contributed by atoms with van der Waals surface area (Å²) in [6.07, 6.45) is 1.20. The molecular weight excluding hydrogens is 180 g/mol. The lowest BCUT2D eigenvalue weighted by Gasteiger charge is -1.85. The Morgan fingerprint density at radius 3 is 2.75 bits per heavy atom. The second kappa shape index (κ2) is 3.18. The summed E-state index contributed by atoms with van der Waals surface area (Å²) in [5.74, 6) is -1.18. The van der Waals surface area contributed by atoms with Gasteiger partial charge in [-0.05, 0) is 0 Å². The van der Waals surface area contributed by atoms with Crippen molar-refractivity contribution >= 4 is 28.4 Å². The fourth-order valence-corrected chi connectivity index (χ4v) is 1.17. The van der Waals surface area contributed by atoms with Crippen LogP contribution in [0.25, 0.3) is 0 Å². The fourth-order valence-electron chi connectivity index (χ4n) is 0.526. The van der Waals surface area contributed by atoms with Gasteiger partial charge in [0.1, 0.15) is 4.88 Å². The van der Waals surface area contributed by atoms with Crippen LogP contribution in [0.15, 0.2) is 11.2 Å². The Labute approximate surface area is 71.6 Å². The molecule has 0 fully saturated rings. The molecule has 6 nitrogen and oxygen atoms in total. The van der Waals surface area contributed by atoms with Crippen molar-refractivity contribution in [1.82, 2.24) is 4.98 Å². The minimum Gasteiger partial charge on any atom is -0.477 e. The highest BCUT2D eigenvalue weighted by Crippen LogP contribution is 2.20. The zero-order valence-electron chi connectivity index (χ0n) is 5.89. The highest BCUT2D eigenvalue weighted by atomic mass is 32.1. The maximum absolute atomic E-state index is 10.4. The van der Waals surface area contributed by atoms with Gasteiger partial charge in [0.25, 0.3) is 0 Å². The van der Waals surface area contributed by atoms with E-state index in [1.165, 1.54) is 6.20 Å². The lowest BCUT2D eigenvalue weighted by atomic mass is 10.6. The van der Waals surface area contributed by atoms with E-state index in [1.807, 2.05) is 0 Å². The molecule has 64 valence electrons. The molecular formula is C5H6N4O2S. The van der Waals surface area contributed by atoms with Crippen molar-refractivity contribution in [2.24, 2.45) is 16.5 Å². The Morgan fingerprint density at radius 1 is 1.67 bits per heavy atom. The van der Waals surface area contributed by atoms with E-state index < -0.39 is 5.97 Å². The number of nitrogens with zero attached hydrogens (tertiary/aromatic N) is 2. The van der Waals surface area contributed by atoms with Gasteiger partial charge in [0.05, 0.1) is 6.20 Å². The summed E-state index contributed by atoms with van der Waals surface area (Å²) in [7, 11) is 0. The third-order valence-corrected chi connectivity index (χ3v) is 1.81. The number of hydrogen-bond donors (Lipinski definition) is 3. The number of aromatic carboxylic acids is 1. The largest absolute Gasteiger partial charge is 0.477 e. The standard InChI is InChI=1S/C5H6N4O2S/c6-4(7)9-5-8-1-2(12-5)3(10)11/h1H,(H,10,11)(H4,6,7,8,9). The van der Waals surface area contributed by atoms with Gasteiger partial charge in [-0.2, -0.15) is 4.99 Å². The minimum atomic E-state index is -1.04. The SMILES string of the molecule is NC(N)=Nc1ncc(C(=O)O)s1. The average molecular weight is 186 g/mol. The Balaban J connectivity index is 2.92. The van der Waals surface area contributed by atoms with Gasteiger partial charge in [-0.15, -0.1) is 0 Å². The van der Waals surface area contributed by atoms with Crippen LogP contribution in [0.3, 0.4) is 0 Å². The van der Waals surface area contributed by atoms with Gasteiger partial charge in [0.2, 0.25) is 5.13 Å². The normalized spacial score (nSPS) is 9.33. The molecule has 0 atom stereocenters. The maximum Gasteiger partial charge on any atom is 0.347 e. The summed E-state index contributed by atoms with van der Waals surface area (Å²) in [5.41, 5.74) is 10.1. The fraction of sp³-hybridized carbons (Fsp3) is 0. The molecule has 0 saturated carbocycles. The van der Waals surface area contributed by atoms with E-state index in [-0.39, 0.29) is 16.0 Å². The number of aromatic nitrogens is 1. The van der Waals surface area contributed by atoms with E-state index in [4.69, 9.17) is 16.6 Å². The van der Waals surface area contributed by atoms with Crippen molar-refractivity contribution in [3.63, 3.8) is 0 Å². The summed E-state index contributed by atoms with van der Waals surface area (Å²) in [6, 6.07) is 0. The first kappa shape index (κ1) is 8.47. The molecule has 0 radical (unpaired) electrons. The number of carboxylic acids is 1. The number of carbonyl (C=O) groups is 1. The number of nitrogens with two attached hydrogens (primary N) is 2. The summed E-state index contributed by atoms with van der Waals surface area (Å²) in [4.78, 5) is 17.7. The molecule has 0 aromatic carbocycles. The molecule has 0 saturated heterocycles. The number of thiazole rings is 1. The summed E-state index contributed by atoms with van der Waals surface area (Å²) < 4.78 is 0. The highest BCUT2D eigenvalue weighted by Gasteiger charge is 2.07. The molecule has 0 aliphatic heterocycles. The second-order valence-electron chi connectivity index (χ2n) is 1.85. The van der Waals surface area contributed by atoms with Gasteiger partial charge in [-0.1, -0.05) is 11.3 Å². The molecule has 0 unspecified atom stereocenters. The summed E-state index contributed by atoms with van der Waals surface area (Å²) in [5, 5.41) is 8.73. The quantitative estimate of drug-likeness (QED) is 0.435. The van der Waals surface area contributed by atoms with Gasteiger partial charge >= 0.3 is 5.97 Å². The molecule has 0 aliphatic rings. The van der Waals surface area contributed by atoms with E-state index in [0.717, 1.165) is 11.3 Å². The van der Waals surface area contributed by atoms with Crippen LogP contribution in [-0.2, 0) is 0 Å². The topological polar surface area (TPSA) is 115 Å². The Morgan fingerprint density at radius 2 is 2.33 bits per heavy atom. The predicted octanol–water partition coefficient (Wildman–Crippen LogP) is -0.254. The van der Waals surface area contributed by atoms with E-state index in [2.05, 4.69) is 9.98 Å². The lowest BCUT2D eigenvalue weighted by Crippen LogP contribution is -2.21. The van der Waals surface area contributed by atoms with Gasteiger partial charge in [0.15, 0.2) is 5.96 Å². The Hall–Kier alpha value is -1.63. The van der Waals surface area contributed by atoms with Gasteiger partial charge in [0, 0.05) is 0 Å². The monoisotopic (exact) mass is 186 g/mol. The molecule has 1 aromatic rings. The molecule has 0 spiro atoms. The Kier molecular flexibility index (Phi) is 2.24. The first-order valence-electron chi connectivity index (χ1n) is 2.88. The van der Waals surface area contributed by atoms with Crippen molar-refractivity contribution in [2.45, 2.75) is 0 Å². The highest BCUT2D eigenvalue weighted by molar-refractivity contribution is 7.17. The zero-order chi connectivity index (χ0) is 9.14. The Bertz CT molecular complexity index is 328. The zero-order valence-corrected chi connectivity index (χ0v) is 6.71. The molecule has 7 heteroatoms. The number of aliphatic imine (C=N–C) groups is 1. The molecule has 0 bridgehead atoms. The van der Waals surface area contributed by atoms with Crippen molar-refractivity contribution in [1.29, 1.82) is 0 Å². The molecule has 12 heavy (non-hydrogen) atoms. The molecule has 0 aliphatic carbocycles. The van der Waals surface area contributed by atoms with E-state index in [9.17, 15) is 4.79 Å². The molecule has 0 amide bonds. The molecule has 1 heterocycles. The second-order valence-corrected chi connectivity index (χ2v) is 2.86. The average Bonchev–Trinajstić information content (AvgIpc) is 2.34. The van der Waals surface area contributed by atoms with Gasteiger partial charge in [-0.3, -0.25) is 0 Å². The smallest absolute Gasteiger partial charge is 0.347 e. The van der Waals surface area contributed by atoms with Crippen molar-refractivity contribution in [2.75, 3.05) is 0 Å². The van der Waals surface area contributed by atoms with Crippen LogP contribution in [0.2, 0.25) is 0 Å². The minimum absolute atomic E-state index is 0.106.